The minimum Gasteiger partial charge on any atom is -0.466 e. The van der Waals surface area contributed by atoms with Gasteiger partial charge in [0.25, 0.3) is 0 Å². The number of hydrogen-bond donors (Lipinski definition) is 1. The van der Waals surface area contributed by atoms with Crippen molar-refractivity contribution in [2.75, 3.05) is 13.2 Å². The molecule has 0 aromatic carbocycles. The summed E-state index contributed by atoms with van der Waals surface area (Å²) in [6.45, 7) is 5.46. The predicted octanol–water partition coefficient (Wildman–Crippen LogP) is 1.67. The lowest BCUT2D eigenvalue weighted by atomic mass is 10.1. The van der Waals surface area contributed by atoms with Gasteiger partial charge in [0.1, 0.15) is 0 Å². The third-order valence-corrected chi connectivity index (χ3v) is 1.94. The minimum absolute atomic E-state index is 0. The van der Waals surface area contributed by atoms with Crippen LogP contribution in [0, 0.1) is 0 Å². The van der Waals surface area contributed by atoms with Crippen molar-refractivity contribution in [1.29, 1.82) is 0 Å². The second kappa shape index (κ2) is 10.6. The topological polar surface area (TPSA) is 81.7 Å². The Kier molecular flexibility index (Phi) is 11.0. The fourth-order valence-electron chi connectivity index (χ4n) is 1.14. The molecule has 6 heteroatoms. The van der Waals surface area contributed by atoms with Gasteiger partial charge >= 0.3 is 12.1 Å². The Morgan fingerprint density at radius 2 is 1.83 bits per heavy atom. The van der Waals surface area contributed by atoms with Gasteiger partial charge in [0.05, 0.1) is 6.61 Å². The molecule has 0 fully saturated rings. The van der Waals surface area contributed by atoms with E-state index in [2.05, 4.69) is 5.32 Å². The first kappa shape index (κ1) is 18.8. The second-order valence-corrected chi connectivity index (χ2v) is 3.38. The average molecular weight is 261 g/mol. The lowest BCUT2D eigenvalue weighted by molar-refractivity contribution is -0.144. The molecule has 0 saturated heterocycles. The quantitative estimate of drug-likeness (QED) is 0.705. The molecule has 0 aromatic rings. The van der Waals surface area contributed by atoms with Crippen LogP contribution in [0.4, 0.5) is 4.79 Å². The van der Waals surface area contributed by atoms with Gasteiger partial charge in [-0.3, -0.25) is 9.59 Å². The Hall–Kier alpha value is -1.59. The first-order chi connectivity index (χ1) is 8.01. The van der Waals surface area contributed by atoms with Gasteiger partial charge in [0.2, 0.25) is 0 Å². The van der Waals surface area contributed by atoms with Crippen LogP contribution >= 0.6 is 0 Å². The predicted molar refractivity (Wildman–Crippen MR) is 67.2 cm³/mol. The van der Waals surface area contributed by atoms with E-state index >= 15 is 0 Å². The van der Waals surface area contributed by atoms with Gasteiger partial charge in [-0.15, -0.1) is 0 Å². The smallest absolute Gasteiger partial charge is 0.407 e. The van der Waals surface area contributed by atoms with Gasteiger partial charge in [0.15, 0.2) is 11.9 Å². The van der Waals surface area contributed by atoms with E-state index in [-0.39, 0.29) is 26.1 Å². The molecule has 1 unspecified atom stereocenters. The first-order valence-electron chi connectivity index (χ1n) is 5.61. The zero-order chi connectivity index (χ0) is 13.3. The normalized spacial score (nSPS) is 10.8. The number of ether oxygens (including phenoxy) is 2. The van der Waals surface area contributed by atoms with E-state index in [1.54, 1.807) is 13.8 Å². The molecule has 6 nitrogen and oxygen atoms in total. The molecule has 0 aliphatic rings. The van der Waals surface area contributed by atoms with Crippen molar-refractivity contribution >= 4 is 17.8 Å². The van der Waals surface area contributed by atoms with Crippen LogP contribution in [0.3, 0.4) is 0 Å². The Morgan fingerprint density at radius 3 is 2.28 bits per heavy atom. The molecule has 0 radical (unpaired) electrons. The standard InChI is InChI=1S/C11H19NO5.CH4/c1-4-12-11(15)17-9(8(3)13)6-7-10(14)16-5-2;/h9H,4-7H2,1-3H3,(H,12,15);1H4. The van der Waals surface area contributed by atoms with Crippen molar-refractivity contribution in [2.45, 2.75) is 47.1 Å². The van der Waals surface area contributed by atoms with Gasteiger partial charge in [0, 0.05) is 19.4 Å². The zero-order valence-electron chi connectivity index (χ0n) is 10.4. The Bertz CT molecular complexity index is 278. The van der Waals surface area contributed by atoms with Gasteiger partial charge in [-0.25, -0.2) is 4.79 Å². The summed E-state index contributed by atoms with van der Waals surface area (Å²) in [4.78, 5) is 33.4. The molecular formula is C12H23NO5. The van der Waals surface area contributed by atoms with Crippen LogP contribution in [-0.4, -0.2) is 37.1 Å². The van der Waals surface area contributed by atoms with Crippen molar-refractivity contribution in [3.63, 3.8) is 0 Å². The van der Waals surface area contributed by atoms with E-state index < -0.39 is 18.2 Å². The lowest BCUT2D eigenvalue weighted by Gasteiger charge is -2.14. The summed E-state index contributed by atoms with van der Waals surface area (Å²) in [6.07, 6.45) is -1.36. The molecule has 18 heavy (non-hydrogen) atoms. The van der Waals surface area contributed by atoms with Gasteiger partial charge < -0.3 is 14.8 Å². The molecule has 0 aliphatic carbocycles. The van der Waals surface area contributed by atoms with Crippen LogP contribution in [0.15, 0.2) is 0 Å². The number of nitrogens with one attached hydrogen (secondary N) is 1. The summed E-state index contributed by atoms with van der Waals surface area (Å²) < 4.78 is 9.59. The number of Topliss-reactive ketones (excluding diaryl/α,β-unsaturated/α-hetero) is 1. The molecule has 0 rings (SSSR count). The maximum atomic E-state index is 11.2. The maximum absolute atomic E-state index is 11.2. The first-order valence-corrected chi connectivity index (χ1v) is 5.61. The average Bonchev–Trinajstić information content (AvgIpc) is 2.24. The van der Waals surface area contributed by atoms with E-state index in [4.69, 9.17) is 9.47 Å². The molecule has 0 spiro atoms. The molecule has 1 N–H and O–H groups in total. The van der Waals surface area contributed by atoms with Gasteiger partial charge in [-0.05, 0) is 20.8 Å². The van der Waals surface area contributed by atoms with Gasteiger partial charge in [-0.1, -0.05) is 7.43 Å². The van der Waals surface area contributed by atoms with Crippen molar-refractivity contribution in [1.82, 2.24) is 5.32 Å². The largest absolute Gasteiger partial charge is 0.466 e. The van der Waals surface area contributed by atoms with E-state index in [0.717, 1.165) is 0 Å². The number of carbonyl (C=O) groups is 3. The number of hydrogen-bond acceptors (Lipinski definition) is 5. The zero-order valence-corrected chi connectivity index (χ0v) is 10.4. The van der Waals surface area contributed by atoms with Crippen LogP contribution < -0.4 is 5.32 Å². The Balaban J connectivity index is 0. The van der Waals surface area contributed by atoms with Crippen LogP contribution in [0.25, 0.3) is 0 Å². The van der Waals surface area contributed by atoms with Crippen LogP contribution in [0.5, 0.6) is 0 Å². The number of ketones is 1. The number of carbonyl (C=O) groups excluding carboxylic acids is 3. The van der Waals surface area contributed by atoms with E-state index in [9.17, 15) is 14.4 Å². The number of amides is 1. The fourth-order valence-corrected chi connectivity index (χ4v) is 1.14. The highest BCUT2D eigenvalue weighted by atomic mass is 16.6. The fraction of sp³-hybridized carbons (Fsp3) is 0.750. The van der Waals surface area contributed by atoms with E-state index in [1.807, 2.05) is 0 Å². The summed E-state index contributed by atoms with van der Waals surface area (Å²) in [5.74, 6) is -0.696. The molecule has 0 saturated carbocycles. The summed E-state index contributed by atoms with van der Waals surface area (Å²) in [5, 5.41) is 2.41. The van der Waals surface area contributed by atoms with Crippen molar-refractivity contribution in [3.05, 3.63) is 0 Å². The minimum atomic E-state index is -0.897. The SMILES string of the molecule is C.CCNC(=O)OC(CCC(=O)OCC)C(C)=O. The summed E-state index contributed by atoms with van der Waals surface area (Å²) in [7, 11) is 0. The number of rotatable bonds is 7. The summed E-state index contributed by atoms with van der Waals surface area (Å²) in [5.41, 5.74) is 0. The molecule has 1 amide bonds. The highest BCUT2D eigenvalue weighted by molar-refractivity contribution is 5.83. The van der Waals surface area contributed by atoms with Crippen molar-refractivity contribution in [2.24, 2.45) is 0 Å². The summed E-state index contributed by atoms with van der Waals surface area (Å²) in [6, 6.07) is 0. The van der Waals surface area contributed by atoms with Gasteiger partial charge in [-0.2, -0.15) is 0 Å². The molecule has 0 bridgehead atoms. The molecule has 1 atom stereocenters. The van der Waals surface area contributed by atoms with Crippen molar-refractivity contribution in [3.8, 4) is 0 Å². The molecular weight excluding hydrogens is 238 g/mol. The number of alkyl carbamates (subject to hydrolysis) is 1. The lowest BCUT2D eigenvalue weighted by Crippen LogP contribution is -2.32. The van der Waals surface area contributed by atoms with Crippen LogP contribution in [0.1, 0.15) is 41.0 Å². The summed E-state index contributed by atoms with van der Waals surface area (Å²) >= 11 is 0. The highest BCUT2D eigenvalue weighted by Crippen LogP contribution is 2.05. The van der Waals surface area contributed by atoms with Crippen LogP contribution in [-0.2, 0) is 19.1 Å². The third kappa shape index (κ3) is 8.55. The molecule has 0 aliphatic heterocycles. The van der Waals surface area contributed by atoms with E-state index in [0.29, 0.717) is 13.2 Å². The Labute approximate surface area is 108 Å². The van der Waals surface area contributed by atoms with Crippen molar-refractivity contribution < 1.29 is 23.9 Å². The second-order valence-electron chi connectivity index (χ2n) is 3.38. The molecule has 106 valence electrons. The monoisotopic (exact) mass is 261 g/mol. The molecule has 0 heterocycles. The highest BCUT2D eigenvalue weighted by Gasteiger charge is 2.20. The Morgan fingerprint density at radius 1 is 1.22 bits per heavy atom. The third-order valence-electron chi connectivity index (χ3n) is 1.94. The van der Waals surface area contributed by atoms with E-state index in [1.165, 1.54) is 6.92 Å². The molecule has 0 aromatic heterocycles. The number of esters is 1. The van der Waals surface area contributed by atoms with Crippen LogP contribution in [0.2, 0.25) is 0 Å². The maximum Gasteiger partial charge on any atom is 0.407 e.